The van der Waals surface area contributed by atoms with Crippen LogP contribution >= 0.6 is 0 Å². The van der Waals surface area contributed by atoms with Crippen LogP contribution in [0.4, 0.5) is 4.39 Å². The molecule has 0 aromatic carbocycles. The summed E-state index contributed by atoms with van der Waals surface area (Å²) in [5, 5.41) is 0. The normalized spacial score (nSPS) is 10.7. The van der Waals surface area contributed by atoms with Gasteiger partial charge in [0.1, 0.15) is 5.82 Å². The van der Waals surface area contributed by atoms with E-state index in [0.29, 0.717) is 5.56 Å². The van der Waals surface area contributed by atoms with Gasteiger partial charge in [0.05, 0.1) is 0 Å². The molecule has 0 bridgehead atoms. The van der Waals surface area contributed by atoms with Crippen LogP contribution in [0.5, 0.6) is 0 Å². The average molecular weight is 220 g/mol. The molecule has 0 amide bonds. The molecule has 0 aliphatic heterocycles. The van der Waals surface area contributed by atoms with Crippen LogP contribution < -0.4 is 5.73 Å². The topological polar surface area (TPSA) is 56.7 Å². The summed E-state index contributed by atoms with van der Waals surface area (Å²) in [6, 6.07) is 1.58. The first-order chi connectivity index (χ1) is 7.77. The van der Waals surface area contributed by atoms with E-state index in [1.165, 1.54) is 0 Å². The van der Waals surface area contributed by atoms with E-state index in [4.69, 9.17) is 5.73 Å². The third-order valence-corrected chi connectivity index (χ3v) is 2.43. The number of aryl methyl sites for hydroxylation is 1. The molecule has 2 aromatic rings. The number of aromatic nitrogens is 3. The minimum absolute atomic E-state index is 0.164. The van der Waals surface area contributed by atoms with Gasteiger partial charge in [-0.05, 0) is 6.07 Å². The quantitative estimate of drug-likeness (QED) is 0.851. The molecular formula is C11H13FN4. The Labute approximate surface area is 92.9 Å². The molecule has 2 heterocycles. The third kappa shape index (κ3) is 1.69. The SMILES string of the molecule is CCc1nccn1-c1nccc(CN)c1F. The van der Waals surface area contributed by atoms with Gasteiger partial charge in [-0.3, -0.25) is 4.57 Å². The van der Waals surface area contributed by atoms with E-state index in [9.17, 15) is 4.39 Å². The highest BCUT2D eigenvalue weighted by Gasteiger charge is 2.12. The molecule has 4 nitrogen and oxygen atoms in total. The first-order valence-corrected chi connectivity index (χ1v) is 5.14. The number of hydrogen-bond donors (Lipinski definition) is 1. The second-order valence-corrected chi connectivity index (χ2v) is 3.38. The van der Waals surface area contributed by atoms with Gasteiger partial charge in [-0.2, -0.15) is 0 Å². The summed E-state index contributed by atoms with van der Waals surface area (Å²) in [5.41, 5.74) is 5.91. The molecule has 2 aromatic heterocycles. The van der Waals surface area contributed by atoms with Crippen LogP contribution in [-0.4, -0.2) is 14.5 Å². The second kappa shape index (κ2) is 4.40. The average Bonchev–Trinajstić information content (AvgIpc) is 2.77. The molecule has 0 aliphatic carbocycles. The van der Waals surface area contributed by atoms with Crippen LogP contribution in [0, 0.1) is 5.82 Å². The van der Waals surface area contributed by atoms with Crippen molar-refractivity contribution in [3.8, 4) is 5.82 Å². The van der Waals surface area contributed by atoms with Crippen LogP contribution in [-0.2, 0) is 13.0 Å². The molecule has 0 spiro atoms. The highest BCUT2D eigenvalue weighted by Crippen LogP contribution is 2.15. The zero-order chi connectivity index (χ0) is 11.5. The van der Waals surface area contributed by atoms with Crippen molar-refractivity contribution in [2.24, 2.45) is 5.73 Å². The minimum Gasteiger partial charge on any atom is -0.326 e. The summed E-state index contributed by atoms with van der Waals surface area (Å²) in [7, 11) is 0. The van der Waals surface area contributed by atoms with E-state index < -0.39 is 0 Å². The van der Waals surface area contributed by atoms with Crippen LogP contribution in [0.25, 0.3) is 5.82 Å². The minimum atomic E-state index is -0.377. The number of imidazole rings is 1. The Bertz CT molecular complexity index is 492. The lowest BCUT2D eigenvalue weighted by Crippen LogP contribution is -2.08. The standard InChI is InChI=1S/C11H13FN4/c1-2-9-14-5-6-16(9)11-10(12)8(7-13)3-4-15-11/h3-6H,2,7,13H2,1H3. The van der Waals surface area contributed by atoms with Crippen molar-refractivity contribution in [3.05, 3.63) is 41.9 Å². The number of hydrogen-bond acceptors (Lipinski definition) is 3. The summed E-state index contributed by atoms with van der Waals surface area (Å²) in [4.78, 5) is 8.16. The van der Waals surface area contributed by atoms with Crippen LogP contribution in [0.15, 0.2) is 24.7 Å². The second-order valence-electron chi connectivity index (χ2n) is 3.38. The zero-order valence-corrected chi connectivity index (χ0v) is 9.02. The van der Waals surface area contributed by atoms with Gasteiger partial charge in [0.15, 0.2) is 11.6 Å². The highest BCUT2D eigenvalue weighted by atomic mass is 19.1. The molecule has 0 aliphatic rings. The van der Waals surface area contributed by atoms with Crippen LogP contribution in [0.3, 0.4) is 0 Å². The first kappa shape index (κ1) is 10.8. The number of halogens is 1. The maximum absolute atomic E-state index is 14.0. The molecule has 84 valence electrons. The molecule has 5 heteroatoms. The number of nitrogens with zero attached hydrogens (tertiary/aromatic N) is 3. The Balaban J connectivity index is 2.56. The Morgan fingerprint density at radius 2 is 2.19 bits per heavy atom. The van der Waals surface area contributed by atoms with Gasteiger partial charge in [0, 0.05) is 37.1 Å². The summed E-state index contributed by atoms with van der Waals surface area (Å²) in [5.74, 6) is 0.663. The fourth-order valence-corrected chi connectivity index (χ4v) is 1.59. The molecule has 16 heavy (non-hydrogen) atoms. The molecule has 2 rings (SSSR count). The van der Waals surface area contributed by atoms with Crippen molar-refractivity contribution < 1.29 is 4.39 Å². The first-order valence-electron chi connectivity index (χ1n) is 5.14. The van der Waals surface area contributed by atoms with Crippen molar-refractivity contribution in [2.45, 2.75) is 19.9 Å². The van der Waals surface area contributed by atoms with Gasteiger partial charge in [-0.15, -0.1) is 0 Å². The predicted molar refractivity (Wildman–Crippen MR) is 58.6 cm³/mol. The lowest BCUT2D eigenvalue weighted by molar-refractivity contribution is 0.590. The monoisotopic (exact) mass is 220 g/mol. The highest BCUT2D eigenvalue weighted by molar-refractivity contribution is 5.31. The molecule has 0 atom stereocenters. The van der Waals surface area contributed by atoms with Gasteiger partial charge in [0.25, 0.3) is 0 Å². The van der Waals surface area contributed by atoms with E-state index in [1.807, 2.05) is 6.92 Å². The zero-order valence-electron chi connectivity index (χ0n) is 9.02. The Hall–Kier alpha value is -1.75. The Morgan fingerprint density at radius 3 is 2.88 bits per heavy atom. The summed E-state index contributed by atoms with van der Waals surface area (Å²) < 4.78 is 15.6. The molecule has 0 saturated heterocycles. The fraction of sp³-hybridized carbons (Fsp3) is 0.273. The summed E-state index contributed by atoms with van der Waals surface area (Å²) in [6.07, 6.45) is 5.61. The number of pyridine rings is 1. The van der Waals surface area contributed by atoms with E-state index in [-0.39, 0.29) is 18.2 Å². The van der Waals surface area contributed by atoms with E-state index in [2.05, 4.69) is 9.97 Å². The Morgan fingerprint density at radius 1 is 1.38 bits per heavy atom. The van der Waals surface area contributed by atoms with Crippen LogP contribution in [0.2, 0.25) is 0 Å². The molecule has 0 saturated carbocycles. The predicted octanol–water partition coefficient (Wildman–Crippen LogP) is 1.43. The summed E-state index contributed by atoms with van der Waals surface area (Å²) >= 11 is 0. The van der Waals surface area contributed by atoms with E-state index in [1.54, 1.807) is 29.2 Å². The molecule has 0 unspecified atom stereocenters. The van der Waals surface area contributed by atoms with Crippen LogP contribution in [0.1, 0.15) is 18.3 Å². The van der Waals surface area contributed by atoms with E-state index in [0.717, 1.165) is 12.2 Å². The molecular weight excluding hydrogens is 207 g/mol. The molecule has 2 N–H and O–H groups in total. The van der Waals surface area contributed by atoms with Gasteiger partial charge in [-0.1, -0.05) is 6.92 Å². The van der Waals surface area contributed by atoms with Crippen molar-refractivity contribution in [3.63, 3.8) is 0 Å². The van der Waals surface area contributed by atoms with Crippen molar-refractivity contribution in [2.75, 3.05) is 0 Å². The van der Waals surface area contributed by atoms with Gasteiger partial charge in [0.2, 0.25) is 0 Å². The molecule has 0 fully saturated rings. The van der Waals surface area contributed by atoms with Crippen molar-refractivity contribution in [1.82, 2.24) is 14.5 Å². The lowest BCUT2D eigenvalue weighted by atomic mass is 10.2. The Kier molecular flexibility index (Phi) is 2.96. The number of nitrogens with two attached hydrogens (primary N) is 1. The maximum Gasteiger partial charge on any atom is 0.174 e. The van der Waals surface area contributed by atoms with Crippen molar-refractivity contribution >= 4 is 0 Å². The molecule has 0 radical (unpaired) electrons. The number of rotatable bonds is 3. The fourth-order valence-electron chi connectivity index (χ4n) is 1.59. The largest absolute Gasteiger partial charge is 0.326 e. The smallest absolute Gasteiger partial charge is 0.174 e. The van der Waals surface area contributed by atoms with Gasteiger partial charge < -0.3 is 5.73 Å². The van der Waals surface area contributed by atoms with E-state index >= 15 is 0 Å². The van der Waals surface area contributed by atoms with Crippen molar-refractivity contribution in [1.29, 1.82) is 0 Å². The summed E-state index contributed by atoms with van der Waals surface area (Å²) in [6.45, 7) is 2.13. The third-order valence-electron chi connectivity index (χ3n) is 2.43. The maximum atomic E-state index is 14.0. The lowest BCUT2D eigenvalue weighted by Gasteiger charge is -2.08. The van der Waals surface area contributed by atoms with Gasteiger partial charge in [-0.25, -0.2) is 14.4 Å². The van der Waals surface area contributed by atoms with Gasteiger partial charge >= 0.3 is 0 Å².